The molecule has 0 spiro atoms. The van der Waals surface area contributed by atoms with Gasteiger partial charge in [-0.3, -0.25) is 4.79 Å². The Morgan fingerprint density at radius 2 is 2.30 bits per heavy atom. The second-order valence-corrected chi connectivity index (χ2v) is 2.83. The van der Waals surface area contributed by atoms with Crippen LogP contribution in [0.25, 0.3) is 0 Å². The Hall–Kier alpha value is -0.370. The summed E-state index contributed by atoms with van der Waals surface area (Å²) in [6.07, 6.45) is 2.78. The van der Waals surface area contributed by atoms with Crippen LogP contribution in [0.4, 0.5) is 0 Å². The number of carbonyl (C=O) groups is 1. The van der Waals surface area contributed by atoms with Crippen molar-refractivity contribution >= 4 is 5.78 Å². The van der Waals surface area contributed by atoms with Crippen molar-refractivity contribution in [1.29, 1.82) is 0 Å². The maximum atomic E-state index is 11.0. The molecule has 0 saturated carbocycles. The van der Waals surface area contributed by atoms with Crippen LogP contribution >= 0.6 is 0 Å². The standard InChI is InChI=1S/C8H14O2/c1-3-7(9)8-5-4-6(2)10-8/h6,8H,3-5H2,1-2H3/t6-,8-/m1/s1. The fourth-order valence-corrected chi connectivity index (χ4v) is 1.27. The molecule has 0 N–H and O–H groups in total. The van der Waals surface area contributed by atoms with Gasteiger partial charge in [-0.25, -0.2) is 0 Å². The van der Waals surface area contributed by atoms with Gasteiger partial charge in [-0.1, -0.05) is 6.92 Å². The number of Topliss-reactive ketones (excluding diaryl/α,β-unsaturated/α-hetero) is 1. The molecular formula is C8H14O2. The number of hydrogen-bond acceptors (Lipinski definition) is 2. The first-order valence-electron chi connectivity index (χ1n) is 3.92. The van der Waals surface area contributed by atoms with Gasteiger partial charge in [-0.2, -0.15) is 0 Å². The summed E-state index contributed by atoms with van der Waals surface area (Å²) in [5.74, 6) is 0.254. The Morgan fingerprint density at radius 3 is 2.70 bits per heavy atom. The van der Waals surface area contributed by atoms with Crippen molar-refractivity contribution in [2.45, 2.75) is 45.3 Å². The Morgan fingerprint density at radius 1 is 1.60 bits per heavy atom. The highest BCUT2D eigenvalue weighted by molar-refractivity contribution is 5.82. The molecule has 10 heavy (non-hydrogen) atoms. The summed E-state index contributed by atoms with van der Waals surface area (Å²) in [4.78, 5) is 11.0. The average Bonchev–Trinajstić information content (AvgIpc) is 2.34. The van der Waals surface area contributed by atoms with Crippen LogP contribution in [0, 0.1) is 0 Å². The van der Waals surface area contributed by atoms with Gasteiger partial charge in [0.15, 0.2) is 5.78 Å². The molecule has 2 atom stereocenters. The molecule has 1 saturated heterocycles. The van der Waals surface area contributed by atoms with Crippen molar-refractivity contribution in [3.05, 3.63) is 0 Å². The second-order valence-electron chi connectivity index (χ2n) is 2.83. The maximum absolute atomic E-state index is 11.0. The summed E-state index contributed by atoms with van der Waals surface area (Å²) in [6, 6.07) is 0. The summed E-state index contributed by atoms with van der Waals surface area (Å²) in [7, 11) is 0. The third-order valence-corrected chi connectivity index (χ3v) is 1.94. The normalized spacial score (nSPS) is 32.6. The highest BCUT2D eigenvalue weighted by Gasteiger charge is 2.26. The summed E-state index contributed by atoms with van der Waals surface area (Å²) >= 11 is 0. The molecule has 2 heteroatoms. The lowest BCUT2D eigenvalue weighted by molar-refractivity contribution is -0.129. The fourth-order valence-electron chi connectivity index (χ4n) is 1.27. The maximum Gasteiger partial charge on any atom is 0.161 e. The monoisotopic (exact) mass is 142 g/mol. The lowest BCUT2D eigenvalue weighted by atomic mass is 10.1. The molecule has 0 aromatic heterocycles. The third-order valence-electron chi connectivity index (χ3n) is 1.94. The molecule has 0 radical (unpaired) electrons. The topological polar surface area (TPSA) is 26.3 Å². The van der Waals surface area contributed by atoms with Gasteiger partial charge in [0.2, 0.25) is 0 Å². The molecule has 0 amide bonds. The number of hydrogen-bond donors (Lipinski definition) is 0. The van der Waals surface area contributed by atoms with E-state index < -0.39 is 0 Å². The number of rotatable bonds is 2. The predicted octanol–water partition coefficient (Wildman–Crippen LogP) is 1.53. The van der Waals surface area contributed by atoms with Crippen molar-refractivity contribution < 1.29 is 9.53 Å². The summed E-state index contributed by atoms with van der Waals surface area (Å²) < 4.78 is 5.36. The third kappa shape index (κ3) is 1.57. The highest BCUT2D eigenvalue weighted by atomic mass is 16.5. The van der Waals surface area contributed by atoms with Crippen molar-refractivity contribution in [2.75, 3.05) is 0 Å². The van der Waals surface area contributed by atoms with Crippen molar-refractivity contribution in [2.24, 2.45) is 0 Å². The van der Waals surface area contributed by atoms with E-state index in [1.54, 1.807) is 0 Å². The van der Waals surface area contributed by atoms with E-state index in [0.717, 1.165) is 12.8 Å². The van der Waals surface area contributed by atoms with E-state index in [2.05, 4.69) is 0 Å². The van der Waals surface area contributed by atoms with Crippen molar-refractivity contribution in [3.63, 3.8) is 0 Å². The van der Waals surface area contributed by atoms with Crippen LogP contribution in [0.2, 0.25) is 0 Å². The minimum atomic E-state index is -0.0833. The minimum Gasteiger partial charge on any atom is -0.368 e. The number of ketones is 1. The molecule has 1 fully saturated rings. The molecule has 0 unspecified atom stereocenters. The van der Waals surface area contributed by atoms with Crippen LogP contribution in [0.1, 0.15) is 33.1 Å². The molecule has 58 valence electrons. The first-order valence-corrected chi connectivity index (χ1v) is 3.92. The zero-order valence-corrected chi connectivity index (χ0v) is 6.59. The fraction of sp³-hybridized carbons (Fsp3) is 0.875. The molecular weight excluding hydrogens is 128 g/mol. The van der Waals surface area contributed by atoms with Gasteiger partial charge >= 0.3 is 0 Å². The van der Waals surface area contributed by atoms with E-state index in [9.17, 15) is 4.79 Å². The smallest absolute Gasteiger partial charge is 0.161 e. The molecule has 0 bridgehead atoms. The average molecular weight is 142 g/mol. The number of carbonyl (C=O) groups excluding carboxylic acids is 1. The van der Waals surface area contributed by atoms with Crippen molar-refractivity contribution in [1.82, 2.24) is 0 Å². The van der Waals surface area contributed by atoms with Gasteiger partial charge in [0.25, 0.3) is 0 Å². The molecule has 1 heterocycles. The van der Waals surface area contributed by atoms with E-state index in [0.29, 0.717) is 12.5 Å². The van der Waals surface area contributed by atoms with Gasteiger partial charge < -0.3 is 4.74 Å². The molecule has 2 nitrogen and oxygen atoms in total. The van der Waals surface area contributed by atoms with Crippen LogP contribution in [0.15, 0.2) is 0 Å². The zero-order chi connectivity index (χ0) is 7.56. The summed E-state index contributed by atoms with van der Waals surface area (Å²) in [5, 5.41) is 0. The quantitative estimate of drug-likeness (QED) is 0.584. The predicted molar refractivity (Wildman–Crippen MR) is 38.9 cm³/mol. The van der Waals surface area contributed by atoms with E-state index in [1.165, 1.54) is 0 Å². The lowest BCUT2D eigenvalue weighted by Gasteiger charge is -2.07. The Kier molecular flexibility index (Phi) is 2.44. The van der Waals surface area contributed by atoms with E-state index in [1.807, 2.05) is 13.8 Å². The lowest BCUT2D eigenvalue weighted by Crippen LogP contribution is -2.19. The van der Waals surface area contributed by atoms with E-state index in [-0.39, 0.29) is 11.9 Å². The molecule has 1 rings (SSSR count). The second kappa shape index (κ2) is 3.15. The van der Waals surface area contributed by atoms with E-state index >= 15 is 0 Å². The Balaban J connectivity index is 2.37. The zero-order valence-electron chi connectivity index (χ0n) is 6.59. The van der Waals surface area contributed by atoms with Gasteiger partial charge in [0.05, 0.1) is 6.10 Å². The van der Waals surface area contributed by atoms with Crippen LogP contribution in [-0.2, 0) is 9.53 Å². The van der Waals surface area contributed by atoms with E-state index in [4.69, 9.17) is 4.74 Å². The van der Waals surface area contributed by atoms with Crippen LogP contribution < -0.4 is 0 Å². The minimum absolute atomic E-state index is 0.0833. The van der Waals surface area contributed by atoms with Crippen LogP contribution in [0.5, 0.6) is 0 Å². The molecule has 1 aliphatic rings. The largest absolute Gasteiger partial charge is 0.368 e. The molecule has 1 aliphatic heterocycles. The van der Waals surface area contributed by atoms with Crippen molar-refractivity contribution in [3.8, 4) is 0 Å². The first-order chi connectivity index (χ1) is 4.74. The van der Waals surface area contributed by atoms with Gasteiger partial charge in [0, 0.05) is 6.42 Å². The molecule has 0 aliphatic carbocycles. The van der Waals surface area contributed by atoms with Crippen LogP contribution in [-0.4, -0.2) is 18.0 Å². The summed E-state index contributed by atoms with van der Waals surface area (Å²) in [6.45, 7) is 3.90. The molecule has 0 aromatic carbocycles. The van der Waals surface area contributed by atoms with Gasteiger partial charge in [0.1, 0.15) is 6.10 Å². The summed E-state index contributed by atoms with van der Waals surface area (Å²) in [5.41, 5.74) is 0. The first kappa shape index (κ1) is 7.73. The Labute approximate surface area is 61.6 Å². The molecule has 0 aromatic rings. The highest BCUT2D eigenvalue weighted by Crippen LogP contribution is 2.20. The van der Waals surface area contributed by atoms with Crippen LogP contribution in [0.3, 0.4) is 0 Å². The van der Waals surface area contributed by atoms with Gasteiger partial charge in [-0.15, -0.1) is 0 Å². The SMILES string of the molecule is CCC(=O)[C@H]1CC[C@@H](C)O1. The van der Waals surface area contributed by atoms with Gasteiger partial charge in [-0.05, 0) is 19.8 Å². The Bertz CT molecular complexity index is 131. The number of ether oxygens (including phenoxy) is 1.